The van der Waals surface area contributed by atoms with E-state index in [0.29, 0.717) is 16.9 Å². The molecule has 0 aliphatic heterocycles. The molecule has 0 saturated heterocycles. The first-order valence-corrected chi connectivity index (χ1v) is 13.5. The molecular weight excluding hydrogens is 651 g/mol. The van der Waals surface area contributed by atoms with Gasteiger partial charge in [-0.15, -0.1) is 0 Å². The maximum absolute atomic E-state index is 13.7. The third kappa shape index (κ3) is 7.32. The van der Waals surface area contributed by atoms with Crippen molar-refractivity contribution in [3.8, 4) is 16.9 Å². The maximum atomic E-state index is 13.7. The maximum Gasteiger partial charge on any atom is 0.416 e. The van der Waals surface area contributed by atoms with Crippen molar-refractivity contribution in [3.05, 3.63) is 74.4 Å². The van der Waals surface area contributed by atoms with Crippen LogP contribution in [0.25, 0.3) is 11.1 Å². The molecule has 218 valence electrons. The van der Waals surface area contributed by atoms with E-state index in [1.807, 2.05) is 50.2 Å². The summed E-state index contributed by atoms with van der Waals surface area (Å²) in [4.78, 5) is 14.0. The Morgan fingerprint density at radius 1 is 1.00 bits per heavy atom. The molecule has 0 fully saturated rings. The summed E-state index contributed by atoms with van der Waals surface area (Å²) in [7, 11) is 2.64. The molecule has 0 radical (unpaired) electrons. The van der Waals surface area contributed by atoms with Crippen molar-refractivity contribution in [3.63, 3.8) is 0 Å². The van der Waals surface area contributed by atoms with Gasteiger partial charge in [-0.25, -0.2) is 4.79 Å². The highest BCUT2D eigenvalue weighted by molar-refractivity contribution is 14.1. The Morgan fingerprint density at radius 3 is 2.23 bits per heavy atom. The second-order valence-corrected chi connectivity index (χ2v) is 11.2. The Hall–Kier alpha value is -2.70. The number of nitrogens with zero attached hydrogens (tertiary/aromatic N) is 1. The Kier molecular flexibility index (Phi) is 9.90. The highest BCUT2D eigenvalue weighted by Crippen LogP contribution is 2.44. The minimum absolute atomic E-state index is 0.114. The summed E-state index contributed by atoms with van der Waals surface area (Å²) in [5, 5.41) is 0. The quantitative estimate of drug-likeness (QED) is 0.217. The van der Waals surface area contributed by atoms with Crippen molar-refractivity contribution < 1.29 is 40.6 Å². The second kappa shape index (κ2) is 12.4. The van der Waals surface area contributed by atoms with Crippen LogP contribution in [0.5, 0.6) is 5.75 Å². The van der Waals surface area contributed by atoms with Crippen molar-refractivity contribution in [1.29, 1.82) is 0 Å². The normalized spacial score (nSPS) is 17.8. The molecule has 2 aromatic carbocycles. The van der Waals surface area contributed by atoms with Crippen LogP contribution in [-0.4, -0.2) is 44.1 Å². The Balaban J connectivity index is 2.07. The molecule has 0 aromatic heterocycles. The van der Waals surface area contributed by atoms with Crippen molar-refractivity contribution in [2.75, 3.05) is 20.8 Å². The van der Waals surface area contributed by atoms with Gasteiger partial charge in [-0.05, 0) is 81.5 Å². The molecular formula is C29H30F6INO3. The third-order valence-corrected chi connectivity index (χ3v) is 7.64. The third-order valence-electron chi connectivity index (χ3n) is 6.96. The lowest BCUT2D eigenvalue weighted by Crippen LogP contribution is -2.39. The van der Waals surface area contributed by atoms with Gasteiger partial charge in [-0.1, -0.05) is 39.0 Å². The molecule has 0 N–H and O–H groups in total. The Labute approximate surface area is 243 Å². The van der Waals surface area contributed by atoms with Crippen LogP contribution in [0.3, 0.4) is 0 Å². The van der Waals surface area contributed by atoms with E-state index < -0.39 is 48.0 Å². The van der Waals surface area contributed by atoms with E-state index in [9.17, 15) is 31.1 Å². The van der Waals surface area contributed by atoms with E-state index in [0.717, 1.165) is 32.8 Å². The van der Waals surface area contributed by atoms with Gasteiger partial charge < -0.3 is 14.4 Å². The number of ether oxygens (including phenoxy) is 2. The van der Waals surface area contributed by atoms with Crippen molar-refractivity contribution in [2.45, 2.75) is 45.6 Å². The van der Waals surface area contributed by atoms with Gasteiger partial charge in [0.05, 0.1) is 19.8 Å². The highest BCUT2D eigenvalue weighted by Gasteiger charge is 2.45. The number of alkyl halides is 6. The van der Waals surface area contributed by atoms with Gasteiger partial charge in [0.15, 0.2) is 0 Å². The van der Waals surface area contributed by atoms with Crippen molar-refractivity contribution in [1.82, 2.24) is 4.90 Å². The number of benzene rings is 2. The van der Waals surface area contributed by atoms with E-state index >= 15 is 0 Å². The monoisotopic (exact) mass is 681 g/mol. The number of carbonyl (C=O) groups is 1. The Morgan fingerprint density at radius 2 is 1.68 bits per heavy atom. The predicted molar refractivity (Wildman–Crippen MR) is 149 cm³/mol. The van der Waals surface area contributed by atoms with Gasteiger partial charge in [0.25, 0.3) is 0 Å². The lowest BCUT2D eigenvalue weighted by Gasteiger charge is -2.34. The average molecular weight is 681 g/mol. The number of hydrogen-bond acceptors (Lipinski definition) is 3. The second-order valence-electron chi connectivity index (χ2n) is 9.94. The largest absolute Gasteiger partial charge is 0.496 e. The molecule has 0 heterocycles. The highest BCUT2D eigenvalue weighted by atomic mass is 127. The number of carbonyl (C=O) groups excluding carboxylic acids is 1. The van der Waals surface area contributed by atoms with E-state index in [1.54, 1.807) is 0 Å². The zero-order chi connectivity index (χ0) is 30.0. The van der Waals surface area contributed by atoms with Crippen molar-refractivity contribution >= 4 is 28.7 Å². The summed E-state index contributed by atoms with van der Waals surface area (Å²) in [6, 6.07) is 11.3. The average Bonchev–Trinajstić information content (AvgIpc) is 2.87. The van der Waals surface area contributed by atoms with Crippen LogP contribution in [0.1, 0.15) is 37.8 Å². The van der Waals surface area contributed by atoms with Crippen LogP contribution in [0.2, 0.25) is 0 Å². The molecule has 11 heteroatoms. The standard InChI is InChI=1S/C29H30F6INO3/c1-16(2)18-6-9-26(39-4)24(12-18)23-8-7-22(36)11-20(23)15-37(27(38)40-5)14-19-10-21(28(30,31)32)13-25(17(19)3)29(33,34)35/h6-13,16-17,19H,14-15H2,1-5H3. The number of amides is 1. The molecule has 1 aliphatic carbocycles. The molecule has 0 saturated carbocycles. The molecule has 0 spiro atoms. The molecule has 4 nitrogen and oxygen atoms in total. The van der Waals surface area contributed by atoms with Crippen LogP contribution in [0.15, 0.2) is 59.7 Å². The first-order chi connectivity index (χ1) is 18.6. The predicted octanol–water partition coefficient (Wildman–Crippen LogP) is 8.90. The number of halogens is 7. The van der Waals surface area contributed by atoms with E-state index in [4.69, 9.17) is 9.47 Å². The number of allylic oxidation sites excluding steroid dienone is 3. The minimum atomic E-state index is -4.98. The van der Waals surface area contributed by atoms with Gasteiger partial charge >= 0.3 is 18.4 Å². The first-order valence-electron chi connectivity index (χ1n) is 12.4. The summed E-state index contributed by atoms with van der Waals surface area (Å²) in [6.45, 7) is 4.75. The molecule has 1 aliphatic rings. The summed E-state index contributed by atoms with van der Waals surface area (Å²) in [6.07, 6.45) is -9.90. The number of hydrogen-bond donors (Lipinski definition) is 0. The Bertz CT molecular complexity index is 1300. The van der Waals surface area contributed by atoms with E-state index in [1.165, 1.54) is 14.0 Å². The van der Waals surface area contributed by atoms with Gasteiger partial charge in [0.1, 0.15) is 5.75 Å². The molecule has 2 aromatic rings. The van der Waals surface area contributed by atoms with Gasteiger partial charge in [-0.3, -0.25) is 0 Å². The molecule has 2 unspecified atom stereocenters. The topological polar surface area (TPSA) is 38.8 Å². The fourth-order valence-corrected chi connectivity index (χ4v) is 5.28. The minimum Gasteiger partial charge on any atom is -0.496 e. The van der Waals surface area contributed by atoms with E-state index in [2.05, 4.69) is 22.6 Å². The van der Waals surface area contributed by atoms with Gasteiger partial charge in [0, 0.05) is 33.7 Å². The fourth-order valence-electron chi connectivity index (χ4n) is 4.72. The zero-order valence-corrected chi connectivity index (χ0v) is 24.7. The lowest BCUT2D eigenvalue weighted by atomic mass is 9.80. The SMILES string of the molecule is COC(=O)N(Cc1cc(I)ccc1-c1cc(C(C)C)ccc1OC)CC1C=C(C(F)(F)F)C=C(C(F)(F)F)C1C. The van der Waals surface area contributed by atoms with Crippen LogP contribution < -0.4 is 4.74 Å². The van der Waals surface area contributed by atoms with Crippen LogP contribution in [0, 0.1) is 15.4 Å². The van der Waals surface area contributed by atoms with Gasteiger partial charge in [0.2, 0.25) is 0 Å². The molecule has 1 amide bonds. The van der Waals surface area contributed by atoms with Crippen LogP contribution >= 0.6 is 22.6 Å². The van der Waals surface area contributed by atoms with Gasteiger partial charge in [-0.2, -0.15) is 26.3 Å². The fraction of sp³-hybridized carbons (Fsp3) is 0.414. The lowest BCUT2D eigenvalue weighted by molar-refractivity contribution is -0.105. The van der Waals surface area contributed by atoms with Crippen LogP contribution in [-0.2, 0) is 11.3 Å². The molecule has 0 bridgehead atoms. The molecule has 2 atom stereocenters. The van der Waals surface area contributed by atoms with E-state index in [-0.39, 0.29) is 18.5 Å². The number of rotatable bonds is 7. The van der Waals surface area contributed by atoms with Crippen LogP contribution in [0.4, 0.5) is 31.1 Å². The summed E-state index contributed by atoms with van der Waals surface area (Å²) in [5.74, 6) is -1.80. The zero-order valence-electron chi connectivity index (χ0n) is 22.6. The van der Waals surface area contributed by atoms with Crippen molar-refractivity contribution in [2.24, 2.45) is 11.8 Å². The summed E-state index contributed by atoms with van der Waals surface area (Å²) >= 11 is 2.10. The smallest absolute Gasteiger partial charge is 0.416 e. The number of methoxy groups -OCH3 is 2. The summed E-state index contributed by atoms with van der Waals surface area (Å²) < 4.78 is 93.1. The molecule has 40 heavy (non-hydrogen) atoms. The molecule has 3 rings (SSSR count). The summed E-state index contributed by atoms with van der Waals surface area (Å²) in [5.41, 5.74) is 0.453. The first kappa shape index (κ1) is 31.8.